The topological polar surface area (TPSA) is 12.0 Å². The highest BCUT2D eigenvalue weighted by Crippen LogP contribution is 2.46. The van der Waals surface area contributed by atoms with Crippen LogP contribution in [-0.4, -0.2) is 11.3 Å². The summed E-state index contributed by atoms with van der Waals surface area (Å²) in [6.07, 6.45) is 2.36. The first kappa shape index (κ1) is 12.4. The molecule has 0 amide bonds. The number of nitrogens with one attached hydrogen (secondary N) is 1. The molecular weight excluding hydrogens is 252 g/mol. The van der Waals surface area contributed by atoms with Crippen LogP contribution in [0.1, 0.15) is 38.3 Å². The van der Waals surface area contributed by atoms with Gasteiger partial charge in [0.05, 0.1) is 0 Å². The zero-order valence-electron chi connectivity index (χ0n) is 10.5. The fraction of sp³-hybridized carbons (Fsp3) is 0.571. The molecule has 1 nitrogen and oxygen atoms in total. The Morgan fingerprint density at radius 1 is 1.22 bits per heavy atom. The number of rotatable bonds is 2. The molecule has 4 heteroatoms. The van der Waals surface area contributed by atoms with E-state index in [2.05, 4.69) is 19.2 Å². The molecule has 3 rings (SSSR count). The van der Waals surface area contributed by atoms with Gasteiger partial charge in [-0.1, -0.05) is 13.8 Å². The SMILES string of the molecule is CC1Sc2c(F)cc(F)cc2C(NC2CC2)C1C. The summed E-state index contributed by atoms with van der Waals surface area (Å²) in [6, 6.07) is 3.09. The lowest BCUT2D eigenvalue weighted by Gasteiger charge is -2.36. The molecule has 0 saturated heterocycles. The number of hydrogen-bond donors (Lipinski definition) is 1. The van der Waals surface area contributed by atoms with E-state index >= 15 is 0 Å². The molecule has 0 aromatic heterocycles. The first-order chi connectivity index (χ1) is 8.56. The molecule has 1 fully saturated rings. The average Bonchev–Trinajstić information content (AvgIpc) is 3.10. The standard InChI is InChI=1S/C14H17F2NS/c1-7-8(2)18-14-11(5-9(15)6-12(14)16)13(7)17-10-3-4-10/h5-8,10,13,17H,3-4H2,1-2H3. The first-order valence-electron chi connectivity index (χ1n) is 6.48. The predicted molar refractivity (Wildman–Crippen MR) is 69.7 cm³/mol. The third-order valence-electron chi connectivity index (χ3n) is 3.93. The molecule has 1 heterocycles. The van der Waals surface area contributed by atoms with Crippen LogP contribution < -0.4 is 5.32 Å². The van der Waals surface area contributed by atoms with Crippen molar-refractivity contribution in [3.05, 3.63) is 29.3 Å². The van der Waals surface area contributed by atoms with Crippen LogP contribution in [0.3, 0.4) is 0 Å². The van der Waals surface area contributed by atoms with Gasteiger partial charge in [-0.15, -0.1) is 11.8 Å². The van der Waals surface area contributed by atoms with Gasteiger partial charge in [-0.3, -0.25) is 0 Å². The molecule has 18 heavy (non-hydrogen) atoms. The minimum absolute atomic E-state index is 0.0777. The van der Waals surface area contributed by atoms with Gasteiger partial charge in [0.2, 0.25) is 0 Å². The number of benzene rings is 1. The summed E-state index contributed by atoms with van der Waals surface area (Å²) in [5.41, 5.74) is 0.801. The van der Waals surface area contributed by atoms with Crippen molar-refractivity contribution in [2.24, 2.45) is 5.92 Å². The van der Waals surface area contributed by atoms with Crippen LogP contribution in [0.2, 0.25) is 0 Å². The van der Waals surface area contributed by atoms with Crippen molar-refractivity contribution in [3.63, 3.8) is 0 Å². The van der Waals surface area contributed by atoms with E-state index in [1.165, 1.54) is 30.7 Å². The summed E-state index contributed by atoms with van der Waals surface area (Å²) in [4.78, 5) is 0.625. The summed E-state index contributed by atoms with van der Waals surface area (Å²) in [6.45, 7) is 4.27. The molecule has 0 bridgehead atoms. The minimum Gasteiger partial charge on any atom is -0.307 e. The third-order valence-corrected chi connectivity index (χ3v) is 5.40. The van der Waals surface area contributed by atoms with Crippen molar-refractivity contribution in [2.75, 3.05) is 0 Å². The second-order valence-corrected chi connectivity index (χ2v) is 6.79. The molecule has 1 saturated carbocycles. The molecule has 3 unspecified atom stereocenters. The largest absolute Gasteiger partial charge is 0.307 e. The molecule has 1 aliphatic heterocycles. The van der Waals surface area contributed by atoms with Crippen molar-refractivity contribution < 1.29 is 8.78 Å². The maximum absolute atomic E-state index is 13.9. The molecule has 0 spiro atoms. The lowest BCUT2D eigenvalue weighted by molar-refractivity contribution is 0.363. The quantitative estimate of drug-likeness (QED) is 0.874. The van der Waals surface area contributed by atoms with Crippen molar-refractivity contribution in [3.8, 4) is 0 Å². The van der Waals surface area contributed by atoms with E-state index < -0.39 is 11.6 Å². The minimum atomic E-state index is -0.476. The Hall–Kier alpha value is -0.610. The summed E-state index contributed by atoms with van der Waals surface area (Å²) < 4.78 is 27.3. The zero-order valence-corrected chi connectivity index (χ0v) is 11.4. The third kappa shape index (κ3) is 2.16. The Morgan fingerprint density at radius 3 is 2.61 bits per heavy atom. The molecule has 1 aliphatic carbocycles. The Morgan fingerprint density at radius 2 is 1.94 bits per heavy atom. The van der Waals surface area contributed by atoms with Gasteiger partial charge in [0.1, 0.15) is 11.6 Å². The molecule has 2 aliphatic rings. The fourth-order valence-electron chi connectivity index (χ4n) is 2.53. The van der Waals surface area contributed by atoms with Gasteiger partial charge in [-0.2, -0.15) is 0 Å². The predicted octanol–water partition coefficient (Wildman–Crippen LogP) is 3.89. The number of thioether (sulfide) groups is 1. The van der Waals surface area contributed by atoms with Gasteiger partial charge in [0, 0.05) is 28.3 Å². The summed E-state index contributed by atoms with van der Waals surface area (Å²) in [5, 5.41) is 3.88. The first-order valence-corrected chi connectivity index (χ1v) is 7.36. The Kier molecular flexibility index (Phi) is 3.10. The number of halogens is 2. The monoisotopic (exact) mass is 269 g/mol. The number of fused-ring (bicyclic) bond motifs is 1. The van der Waals surface area contributed by atoms with Crippen molar-refractivity contribution >= 4 is 11.8 Å². The average molecular weight is 269 g/mol. The van der Waals surface area contributed by atoms with Crippen LogP contribution in [0.5, 0.6) is 0 Å². The molecule has 3 atom stereocenters. The van der Waals surface area contributed by atoms with E-state index in [1.807, 2.05) is 0 Å². The van der Waals surface area contributed by atoms with Crippen LogP contribution >= 0.6 is 11.8 Å². The van der Waals surface area contributed by atoms with Crippen molar-refractivity contribution in [1.82, 2.24) is 5.32 Å². The van der Waals surface area contributed by atoms with Gasteiger partial charge in [0.15, 0.2) is 0 Å². The zero-order chi connectivity index (χ0) is 12.9. The Labute approximate surface area is 110 Å². The molecule has 98 valence electrons. The van der Waals surface area contributed by atoms with E-state index in [-0.39, 0.29) is 6.04 Å². The van der Waals surface area contributed by atoms with Crippen LogP contribution in [0.15, 0.2) is 17.0 Å². The van der Waals surface area contributed by atoms with Crippen molar-refractivity contribution in [2.45, 2.75) is 48.9 Å². The van der Waals surface area contributed by atoms with E-state index in [1.54, 1.807) is 0 Å². The second kappa shape index (κ2) is 4.49. The molecular formula is C14H17F2NS. The normalized spacial score (nSPS) is 31.2. The fourth-order valence-corrected chi connectivity index (χ4v) is 3.77. The second-order valence-electron chi connectivity index (χ2n) is 5.41. The molecule has 0 radical (unpaired) electrons. The van der Waals surface area contributed by atoms with Crippen molar-refractivity contribution in [1.29, 1.82) is 0 Å². The molecule has 1 aromatic carbocycles. The lowest BCUT2D eigenvalue weighted by Crippen LogP contribution is -2.36. The Balaban J connectivity index is 2.02. The van der Waals surface area contributed by atoms with Gasteiger partial charge in [-0.25, -0.2) is 8.78 Å². The lowest BCUT2D eigenvalue weighted by atomic mass is 9.91. The highest BCUT2D eigenvalue weighted by molar-refractivity contribution is 8.00. The van der Waals surface area contributed by atoms with Crippen LogP contribution in [0.25, 0.3) is 0 Å². The maximum atomic E-state index is 13.9. The number of hydrogen-bond acceptors (Lipinski definition) is 2. The van der Waals surface area contributed by atoms with Crippen LogP contribution in [0.4, 0.5) is 8.78 Å². The molecule has 1 aromatic rings. The van der Waals surface area contributed by atoms with E-state index in [0.29, 0.717) is 22.1 Å². The van der Waals surface area contributed by atoms with Crippen LogP contribution in [0, 0.1) is 17.6 Å². The van der Waals surface area contributed by atoms with Gasteiger partial charge >= 0.3 is 0 Å². The maximum Gasteiger partial charge on any atom is 0.140 e. The van der Waals surface area contributed by atoms with Gasteiger partial charge in [-0.05, 0) is 30.4 Å². The van der Waals surface area contributed by atoms with Gasteiger partial charge in [0.25, 0.3) is 0 Å². The summed E-state index contributed by atoms with van der Waals surface area (Å²) in [5.74, 6) is -0.517. The summed E-state index contributed by atoms with van der Waals surface area (Å²) >= 11 is 1.52. The highest BCUT2D eigenvalue weighted by Gasteiger charge is 2.37. The summed E-state index contributed by atoms with van der Waals surface area (Å²) in [7, 11) is 0. The van der Waals surface area contributed by atoms with E-state index in [9.17, 15) is 8.78 Å². The van der Waals surface area contributed by atoms with E-state index in [4.69, 9.17) is 0 Å². The van der Waals surface area contributed by atoms with E-state index in [0.717, 1.165) is 11.6 Å². The molecule has 1 N–H and O–H groups in total. The Bertz CT molecular complexity index is 473. The smallest absolute Gasteiger partial charge is 0.140 e. The highest BCUT2D eigenvalue weighted by atomic mass is 32.2. The van der Waals surface area contributed by atoms with Crippen LogP contribution in [-0.2, 0) is 0 Å². The van der Waals surface area contributed by atoms with Gasteiger partial charge < -0.3 is 5.32 Å².